The van der Waals surface area contributed by atoms with Crippen molar-refractivity contribution in [2.24, 2.45) is 0 Å². The minimum atomic E-state index is -3.97. The van der Waals surface area contributed by atoms with Crippen LogP contribution >= 0.6 is 35.0 Å². The minimum absolute atomic E-state index is 0.0435. The molecule has 0 atom stereocenters. The summed E-state index contributed by atoms with van der Waals surface area (Å²) in [6, 6.07) is 17.3. The van der Waals surface area contributed by atoms with Gasteiger partial charge in [-0.1, -0.05) is 41.4 Å². The highest BCUT2D eigenvalue weighted by molar-refractivity contribution is 7.98. The molecule has 0 aromatic heterocycles. The van der Waals surface area contributed by atoms with Crippen molar-refractivity contribution in [2.45, 2.75) is 24.5 Å². The first-order valence-electron chi connectivity index (χ1n) is 10.1. The Hall–Kier alpha value is -2.19. The summed E-state index contributed by atoms with van der Waals surface area (Å²) in [6.45, 7) is 4.22. The van der Waals surface area contributed by atoms with Crippen molar-refractivity contribution in [2.75, 3.05) is 17.0 Å². The second-order valence-electron chi connectivity index (χ2n) is 7.56. The number of thioether (sulfide) groups is 1. The molecule has 3 rings (SSSR count). The van der Waals surface area contributed by atoms with Gasteiger partial charge < -0.3 is 5.32 Å². The second kappa shape index (κ2) is 11.3. The Bertz CT molecular complexity index is 1230. The summed E-state index contributed by atoms with van der Waals surface area (Å²) < 4.78 is 28.4. The quantitative estimate of drug-likeness (QED) is 0.334. The Morgan fingerprint density at radius 1 is 0.939 bits per heavy atom. The smallest absolute Gasteiger partial charge is 0.263 e. The molecule has 9 heteroatoms. The summed E-state index contributed by atoms with van der Waals surface area (Å²) in [5.41, 5.74) is 3.68. The molecule has 2 N–H and O–H groups in total. The number of halogens is 2. The number of aryl methyl sites for hydroxylation is 2. The highest BCUT2D eigenvalue weighted by Crippen LogP contribution is 2.26. The van der Waals surface area contributed by atoms with Crippen LogP contribution in [-0.4, -0.2) is 26.6 Å². The Morgan fingerprint density at radius 2 is 1.61 bits per heavy atom. The van der Waals surface area contributed by atoms with Crippen LogP contribution in [0.5, 0.6) is 0 Å². The maximum absolute atomic E-state index is 12.9. The predicted molar refractivity (Wildman–Crippen MR) is 138 cm³/mol. The number of carbonyl (C=O) groups excluding carboxylic acids is 1. The summed E-state index contributed by atoms with van der Waals surface area (Å²) in [7, 11) is -3.97. The van der Waals surface area contributed by atoms with Crippen LogP contribution in [-0.2, 0) is 15.8 Å². The topological polar surface area (TPSA) is 75.3 Å². The van der Waals surface area contributed by atoms with Crippen LogP contribution in [0.3, 0.4) is 0 Å². The zero-order valence-electron chi connectivity index (χ0n) is 18.2. The molecule has 0 bridgehead atoms. The Kier molecular flexibility index (Phi) is 8.70. The molecule has 3 aromatic carbocycles. The Labute approximate surface area is 208 Å². The first-order valence-corrected chi connectivity index (χ1v) is 13.5. The van der Waals surface area contributed by atoms with Crippen molar-refractivity contribution in [1.29, 1.82) is 0 Å². The fraction of sp³-hybridized carbons (Fsp3) is 0.208. The molecule has 0 aliphatic heterocycles. The van der Waals surface area contributed by atoms with Gasteiger partial charge in [-0.25, -0.2) is 8.42 Å². The Morgan fingerprint density at radius 3 is 2.27 bits per heavy atom. The van der Waals surface area contributed by atoms with Gasteiger partial charge in [-0.15, -0.1) is 0 Å². The number of hydrogen-bond acceptors (Lipinski definition) is 4. The van der Waals surface area contributed by atoms with E-state index >= 15 is 0 Å². The molecule has 0 saturated carbocycles. The van der Waals surface area contributed by atoms with Gasteiger partial charge in [-0.2, -0.15) is 11.8 Å². The second-order valence-corrected chi connectivity index (χ2v) is 11.2. The third-order valence-electron chi connectivity index (χ3n) is 4.67. The number of anilines is 1. The van der Waals surface area contributed by atoms with Crippen LogP contribution in [0.1, 0.15) is 27.0 Å². The first-order chi connectivity index (χ1) is 15.6. The van der Waals surface area contributed by atoms with Crippen molar-refractivity contribution >= 4 is 56.6 Å². The molecule has 0 unspecified atom stereocenters. The normalized spacial score (nSPS) is 11.3. The van der Waals surface area contributed by atoms with Crippen molar-refractivity contribution in [3.63, 3.8) is 0 Å². The zero-order chi connectivity index (χ0) is 24.0. The summed E-state index contributed by atoms with van der Waals surface area (Å²) in [5, 5.41) is 3.56. The summed E-state index contributed by atoms with van der Waals surface area (Å²) in [6.07, 6.45) is 0. The van der Waals surface area contributed by atoms with Crippen LogP contribution in [0, 0.1) is 13.8 Å². The zero-order valence-corrected chi connectivity index (χ0v) is 21.3. The summed E-state index contributed by atoms with van der Waals surface area (Å²) in [4.78, 5) is 12.4. The van der Waals surface area contributed by atoms with Gasteiger partial charge in [0.15, 0.2) is 0 Å². The fourth-order valence-corrected chi connectivity index (χ4v) is 5.72. The van der Waals surface area contributed by atoms with E-state index in [2.05, 4.69) is 10.0 Å². The van der Waals surface area contributed by atoms with E-state index in [-0.39, 0.29) is 21.4 Å². The van der Waals surface area contributed by atoms with E-state index in [1.807, 2.05) is 44.2 Å². The van der Waals surface area contributed by atoms with Gasteiger partial charge in [0.05, 0.1) is 5.02 Å². The number of rotatable bonds is 9. The lowest BCUT2D eigenvalue weighted by atomic mass is 10.1. The van der Waals surface area contributed by atoms with Crippen LogP contribution in [0.2, 0.25) is 10.0 Å². The van der Waals surface area contributed by atoms with Gasteiger partial charge in [0, 0.05) is 34.3 Å². The molecule has 174 valence electrons. The van der Waals surface area contributed by atoms with Gasteiger partial charge in [-0.3, -0.25) is 9.52 Å². The Balaban J connectivity index is 1.61. The number of nitrogens with one attached hydrogen (secondary N) is 2. The van der Waals surface area contributed by atoms with E-state index in [9.17, 15) is 13.2 Å². The van der Waals surface area contributed by atoms with E-state index in [1.165, 1.54) is 18.2 Å². The van der Waals surface area contributed by atoms with Crippen LogP contribution in [0.4, 0.5) is 5.69 Å². The highest BCUT2D eigenvalue weighted by atomic mass is 35.5. The first kappa shape index (κ1) is 25.4. The van der Waals surface area contributed by atoms with Crippen molar-refractivity contribution in [3.05, 3.63) is 93.0 Å². The maximum atomic E-state index is 12.9. The lowest BCUT2D eigenvalue weighted by Gasteiger charge is -2.12. The molecule has 33 heavy (non-hydrogen) atoms. The molecule has 1 amide bonds. The predicted octanol–water partition coefficient (Wildman–Crippen LogP) is 6.07. The van der Waals surface area contributed by atoms with Crippen LogP contribution < -0.4 is 10.0 Å². The number of amides is 1. The SMILES string of the molecule is Cc1cc(C)cc(NS(=O)(=O)c2cc(C(=O)NCCSCc3ccc(Cl)cc3)ccc2Cl)c1. The van der Waals surface area contributed by atoms with Crippen molar-refractivity contribution < 1.29 is 13.2 Å². The van der Waals surface area contributed by atoms with Crippen LogP contribution in [0.25, 0.3) is 0 Å². The van der Waals surface area contributed by atoms with E-state index in [1.54, 1.807) is 23.9 Å². The molecule has 5 nitrogen and oxygen atoms in total. The molecular weight excluding hydrogens is 499 g/mol. The van der Waals surface area contributed by atoms with E-state index in [0.717, 1.165) is 22.4 Å². The molecule has 0 heterocycles. The number of carbonyl (C=O) groups is 1. The summed E-state index contributed by atoms with van der Waals surface area (Å²) in [5.74, 6) is 1.16. The molecule has 0 aliphatic carbocycles. The molecule has 0 aliphatic rings. The lowest BCUT2D eigenvalue weighted by Crippen LogP contribution is -2.26. The fourth-order valence-electron chi connectivity index (χ4n) is 3.20. The molecule has 0 fully saturated rings. The number of sulfonamides is 1. The standard InChI is InChI=1S/C24H24Cl2N2O3S2/c1-16-11-17(2)13-21(12-16)28-33(30,31)23-14-19(5-8-22(23)26)24(29)27-9-10-32-15-18-3-6-20(25)7-4-18/h3-8,11-14,28H,9-10,15H2,1-2H3,(H,27,29). The van der Waals surface area contributed by atoms with E-state index in [4.69, 9.17) is 23.2 Å². The molecular formula is C24H24Cl2N2O3S2. The highest BCUT2D eigenvalue weighted by Gasteiger charge is 2.20. The third kappa shape index (κ3) is 7.40. The van der Waals surface area contributed by atoms with E-state index < -0.39 is 10.0 Å². The number of hydrogen-bond donors (Lipinski definition) is 2. The van der Waals surface area contributed by atoms with Crippen LogP contribution in [0.15, 0.2) is 65.6 Å². The van der Waals surface area contributed by atoms with Crippen molar-refractivity contribution in [1.82, 2.24) is 5.32 Å². The number of benzene rings is 3. The maximum Gasteiger partial charge on any atom is 0.263 e. The summed E-state index contributed by atoms with van der Waals surface area (Å²) >= 11 is 13.7. The average molecular weight is 524 g/mol. The molecule has 0 spiro atoms. The van der Waals surface area contributed by atoms with Gasteiger partial charge in [-0.05, 0) is 73.0 Å². The van der Waals surface area contributed by atoms with Crippen molar-refractivity contribution in [3.8, 4) is 0 Å². The van der Waals surface area contributed by atoms with Gasteiger partial charge in [0.2, 0.25) is 0 Å². The van der Waals surface area contributed by atoms with E-state index in [0.29, 0.717) is 23.0 Å². The monoisotopic (exact) mass is 522 g/mol. The largest absolute Gasteiger partial charge is 0.351 e. The third-order valence-corrected chi connectivity index (χ3v) is 7.82. The molecule has 0 radical (unpaired) electrons. The minimum Gasteiger partial charge on any atom is -0.351 e. The van der Waals surface area contributed by atoms with Gasteiger partial charge in [0.25, 0.3) is 15.9 Å². The van der Waals surface area contributed by atoms with Gasteiger partial charge >= 0.3 is 0 Å². The molecule has 3 aromatic rings. The van der Waals surface area contributed by atoms with Gasteiger partial charge in [0.1, 0.15) is 4.90 Å². The lowest BCUT2D eigenvalue weighted by molar-refractivity contribution is 0.0956. The average Bonchev–Trinajstić information content (AvgIpc) is 2.73. The molecule has 0 saturated heterocycles.